The lowest BCUT2D eigenvalue weighted by Gasteiger charge is -2.08. The van der Waals surface area contributed by atoms with Crippen LogP contribution in [-0.2, 0) is 6.54 Å². The number of hydrogen-bond acceptors (Lipinski definition) is 4. The summed E-state index contributed by atoms with van der Waals surface area (Å²) in [4.78, 5) is 3.57. The normalized spacial score (nSPS) is 12.5. The third kappa shape index (κ3) is 2.56. The molecular formula is C13H10ClFN2O2. The van der Waals surface area contributed by atoms with Gasteiger partial charge in [-0.1, -0.05) is 11.6 Å². The zero-order valence-corrected chi connectivity index (χ0v) is 10.6. The summed E-state index contributed by atoms with van der Waals surface area (Å²) in [6, 6.07) is 6.59. The van der Waals surface area contributed by atoms with Crippen molar-refractivity contribution in [3.63, 3.8) is 0 Å². The number of nitrogens with zero attached hydrogens (tertiary/aromatic N) is 1. The van der Waals surface area contributed by atoms with Gasteiger partial charge in [0, 0.05) is 6.54 Å². The lowest BCUT2D eigenvalue weighted by Crippen LogP contribution is -2.00. The van der Waals surface area contributed by atoms with Crippen molar-refractivity contribution >= 4 is 17.3 Å². The highest BCUT2D eigenvalue weighted by molar-refractivity contribution is 6.32. The molecule has 1 aliphatic rings. The van der Waals surface area contributed by atoms with Crippen LogP contribution < -0.4 is 14.8 Å². The smallest absolute Gasteiger partial charge is 0.231 e. The summed E-state index contributed by atoms with van der Waals surface area (Å²) in [5.41, 5.74) is 1.67. The molecule has 0 fully saturated rings. The first-order valence-electron chi connectivity index (χ1n) is 5.66. The molecule has 98 valence electrons. The molecule has 0 amide bonds. The molecule has 2 heterocycles. The topological polar surface area (TPSA) is 43.4 Å². The van der Waals surface area contributed by atoms with E-state index in [0.29, 0.717) is 23.1 Å². The van der Waals surface area contributed by atoms with Crippen molar-refractivity contribution in [2.75, 3.05) is 12.1 Å². The Bertz CT molecular complexity index is 604. The molecule has 0 saturated carbocycles. The zero-order valence-electron chi connectivity index (χ0n) is 9.82. The predicted molar refractivity (Wildman–Crippen MR) is 69.1 cm³/mol. The first-order chi connectivity index (χ1) is 9.22. The second kappa shape index (κ2) is 4.93. The van der Waals surface area contributed by atoms with E-state index in [0.717, 1.165) is 11.3 Å². The number of benzene rings is 1. The van der Waals surface area contributed by atoms with Gasteiger partial charge in [0.15, 0.2) is 11.5 Å². The third-order valence-corrected chi connectivity index (χ3v) is 2.99. The lowest BCUT2D eigenvalue weighted by molar-refractivity contribution is 0.174. The van der Waals surface area contributed by atoms with E-state index in [4.69, 9.17) is 21.1 Å². The summed E-state index contributed by atoms with van der Waals surface area (Å²) < 4.78 is 23.2. The van der Waals surface area contributed by atoms with Crippen LogP contribution in [0.15, 0.2) is 30.5 Å². The van der Waals surface area contributed by atoms with Crippen LogP contribution in [0.4, 0.5) is 10.1 Å². The van der Waals surface area contributed by atoms with Gasteiger partial charge in [0.25, 0.3) is 0 Å². The molecule has 1 aromatic carbocycles. The molecule has 4 nitrogen and oxygen atoms in total. The van der Waals surface area contributed by atoms with Gasteiger partial charge >= 0.3 is 0 Å². The first-order valence-corrected chi connectivity index (χ1v) is 6.03. The molecule has 2 aromatic rings. The van der Waals surface area contributed by atoms with Gasteiger partial charge < -0.3 is 14.8 Å². The predicted octanol–water partition coefficient (Wildman–Crippen LogP) is 3.21. The first kappa shape index (κ1) is 12.0. The van der Waals surface area contributed by atoms with Gasteiger partial charge in [-0.2, -0.15) is 4.39 Å². The van der Waals surface area contributed by atoms with Crippen molar-refractivity contribution < 1.29 is 13.9 Å². The van der Waals surface area contributed by atoms with Gasteiger partial charge in [-0.05, 0) is 29.8 Å². The van der Waals surface area contributed by atoms with Crippen LogP contribution in [-0.4, -0.2) is 11.8 Å². The molecular weight excluding hydrogens is 271 g/mol. The summed E-state index contributed by atoms with van der Waals surface area (Å²) >= 11 is 6.08. The fourth-order valence-electron chi connectivity index (χ4n) is 1.81. The Labute approximate surface area is 114 Å². The molecule has 0 saturated heterocycles. The molecule has 0 unspecified atom stereocenters. The van der Waals surface area contributed by atoms with Crippen molar-refractivity contribution in [1.82, 2.24) is 4.98 Å². The third-order valence-electron chi connectivity index (χ3n) is 2.71. The van der Waals surface area contributed by atoms with Crippen molar-refractivity contribution in [2.45, 2.75) is 6.54 Å². The maximum absolute atomic E-state index is 12.7. The maximum Gasteiger partial charge on any atom is 0.231 e. The molecule has 0 radical (unpaired) electrons. The molecule has 1 aromatic heterocycles. The number of anilines is 1. The van der Waals surface area contributed by atoms with Gasteiger partial charge in [0.05, 0.1) is 16.9 Å². The molecule has 1 aliphatic heterocycles. The Hall–Kier alpha value is -2.01. The number of pyridine rings is 1. The van der Waals surface area contributed by atoms with Crippen LogP contribution in [0.2, 0.25) is 5.02 Å². The fourth-order valence-corrected chi connectivity index (χ4v) is 2.10. The van der Waals surface area contributed by atoms with Gasteiger partial charge in [-0.15, -0.1) is 0 Å². The van der Waals surface area contributed by atoms with E-state index in [1.807, 2.05) is 6.07 Å². The minimum atomic E-state index is -0.503. The van der Waals surface area contributed by atoms with Crippen LogP contribution >= 0.6 is 11.6 Å². The van der Waals surface area contributed by atoms with Crippen LogP contribution in [0.5, 0.6) is 11.5 Å². The highest BCUT2D eigenvalue weighted by atomic mass is 35.5. The number of nitrogens with one attached hydrogen (secondary N) is 1. The molecule has 6 heteroatoms. The second-order valence-electron chi connectivity index (χ2n) is 4.03. The van der Waals surface area contributed by atoms with Crippen LogP contribution in [0.25, 0.3) is 0 Å². The van der Waals surface area contributed by atoms with E-state index in [-0.39, 0.29) is 6.79 Å². The Morgan fingerprint density at radius 2 is 2.21 bits per heavy atom. The minimum Gasteiger partial charge on any atom is -0.454 e. The van der Waals surface area contributed by atoms with E-state index < -0.39 is 5.95 Å². The van der Waals surface area contributed by atoms with E-state index in [1.165, 1.54) is 12.3 Å². The summed E-state index contributed by atoms with van der Waals surface area (Å²) in [6.45, 7) is 0.720. The Balaban J connectivity index is 1.73. The van der Waals surface area contributed by atoms with Crippen LogP contribution in [0.3, 0.4) is 0 Å². The second-order valence-corrected chi connectivity index (χ2v) is 4.44. The molecule has 3 rings (SSSR count). The summed E-state index contributed by atoms with van der Waals surface area (Å²) in [7, 11) is 0. The average molecular weight is 281 g/mol. The van der Waals surface area contributed by atoms with E-state index in [2.05, 4.69) is 10.3 Å². The fraction of sp³-hybridized carbons (Fsp3) is 0.154. The molecule has 0 bridgehead atoms. The molecule has 0 atom stereocenters. The van der Waals surface area contributed by atoms with Gasteiger partial charge in [0.1, 0.15) is 0 Å². The van der Waals surface area contributed by atoms with Crippen molar-refractivity contribution in [3.8, 4) is 11.5 Å². The number of rotatable bonds is 3. The largest absolute Gasteiger partial charge is 0.454 e. The van der Waals surface area contributed by atoms with E-state index in [9.17, 15) is 4.39 Å². The van der Waals surface area contributed by atoms with Crippen molar-refractivity contribution in [3.05, 3.63) is 47.0 Å². The Morgan fingerprint density at radius 1 is 1.32 bits per heavy atom. The Morgan fingerprint density at radius 3 is 3.00 bits per heavy atom. The Kier molecular flexibility index (Phi) is 3.13. The van der Waals surface area contributed by atoms with E-state index >= 15 is 0 Å². The number of aromatic nitrogens is 1. The van der Waals surface area contributed by atoms with Crippen molar-refractivity contribution in [1.29, 1.82) is 0 Å². The number of hydrogen-bond donors (Lipinski definition) is 1. The highest BCUT2D eigenvalue weighted by Crippen LogP contribution is 2.39. The van der Waals surface area contributed by atoms with Gasteiger partial charge in [0.2, 0.25) is 12.7 Å². The molecule has 19 heavy (non-hydrogen) atoms. The highest BCUT2D eigenvalue weighted by Gasteiger charge is 2.18. The monoisotopic (exact) mass is 280 g/mol. The SMILES string of the molecule is Fc1ccc(NCc2cc(Cl)c3c(c2)OCO3)cn1. The quantitative estimate of drug-likeness (QED) is 0.877. The summed E-state index contributed by atoms with van der Waals surface area (Å²) in [6.07, 6.45) is 1.43. The minimum absolute atomic E-state index is 0.188. The number of ether oxygens (including phenoxy) is 2. The molecule has 1 N–H and O–H groups in total. The summed E-state index contributed by atoms with van der Waals surface area (Å²) in [5.74, 6) is 0.715. The zero-order chi connectivity index (χ0) is 13.2. The maximum atomic E-state index is 12.7. The molecule has 0 spiro atoms. The van der Waals surface area contributed by atoms with Crippen LogP contribution in [0, 0.1) is 5.95 Å². The van der Waals surface area contributed by atoms with Crippen LogP contribution in [0.1, 0.15) is 5.56 Å². The average Bonchev–Trinajstić information content (AvgIpc) is 2.87. The number of halogens is 2. The molecule has 0 aliphatic carbocycles. The van der Waals surface area contributed by atoms with Crippen molar-refractivity contribution in [2.24, 2.45) is 0 Å². The van der Waals surface area contributed by atoms with Gasteiger partial charge in [-0.25, -0.2) is 4.98 Å². The lowest BCUT2D eigenvalue weighted by atomic mass is 10.2. The number of fused-ring (bicyclic) bond motifs is 1. The van der Waals surface area contributed by atoms with E-state index in [1.54, 1.807) is 12.1 Å². The summed E-state index contributed by atoms with van der Waals surface area (Å²) in [5, 5.41) is 3.64. The van der Waals surface area contributed by atoms with Gasteiger partial charge in [-0.3, -0.25) is 0 Å². The standard InChI is InChI=1S/C13H10ClFN2O2/c14-10-3-8(4-11-13(10)19-7-18-11)5-16-9-1-2-12(15)17-6-9/h1-4,6,16H,5,7H2.